The molecule has 0 bridgehead atoms. The van der Waals surface area contributed by atoms with Crippen molar-refractivity contribution in [3.8, 4) is 5.88 Å². The van der Waals surface area contributed by atoms with Gasteiger partial charge in [0.1, 0.15) is 6.10 Å². The molecule has 1 aromatic heterocycles. The second-order valence-electron chi connectivity index (χ2n) is 4.17. The summed E-state index contributed by atoms with van der Waals surface area (Å²) >= 11 is 0. The highest BCUT2D eigenvalue weighted by molar-refractivity contribution is 5.85. The molecule has 1 N–H and O–H groups in total. The minimum absolute atomic E-state index is 0.216. The van der Waals surface area contributed by atoms with Gasteiger partial charge in [-0.3, -0.25) is 0 Å². The van der Waals surface area contributed by atoms with E-state index in [1.54, 1.807) is 0 Å². The summed E-state index contributed by atoms with van der Waals surface area (Å²) in [4.78, 5) is 0. The normalized spacial score (nSPS) is 20.4. The highest BCUT2D eigenvalue weighted by Gasteiger charge is 2.20. The number of rotatable bonds is 2. The molecule has 0 spiro atoms. The highest BCUT2D eigenvalue weighted by Crippen LogP contribution is 2.29. The fourth-order valence-corrected chi connectivity index (χ4v) is 2.09. The maximum Gasteiger partial charge on any atom is 0.262 e. The Bertz CT molecular complexity index is 501. The maximum absolute atomic E-state index is 5.84. The lowest BCUT2D eigenvalue weighted by molar-refractivity contribution is 0.204. The molecular weight excluding hydrogens is 204 g/mol. The summed E-state index contributed by atoms with van der Waals surface area (Å²) in [5.41, 5.74) is 1.93. The van der Waals surface area contributed by atoms with Gasteiger partial charge in [0.05, 0.1) is 5.39 Å². The van der Waals surface area contributed by atoms with E-state index in [0.717, 1.165) is 36.0 Å². The van der Waals surface area contributed by atoms with Crippen LogP contribution in [0.4, 0.5) is 0 Å². The predicted molar refractivity (Wildman–Crippen MR) is 60.6 cm³/mol. The van der Waals surface area contributed by atoms with Gasteiger partial charge in [-0.2, -0.15) is 0 Å². The Hall–Kier alpha value is -1.55. The Morgan fingerprint density at radius 3 is 3.25 bits per heavy atom. The smallest absolute Gasteiger partial charge is 0.262 e. The van der Waals surface area contributed by atoms with Gasteiger partial charge >= 0.3 is 0 Å². The fourth-order valence-electron chi connectivity index (χ4n) is 2.09. The molecule has 0 amide bonds. The summed E-state index contributed by atoms with van der Waals surface area (Å²) < 4.78 is 11.1. The average Bonchev–Trinajstić information content (AvgIpc) is 2.90. The number of aromatic nitrogens is 1. The molecule has 1 aliphatic heterocycles. The van der Waals surface area contributed by atoms with E-state index in [4.69, 9.17) is 9.26 Å². The first-order chi connectivity index (χ1) is 7.84. The first kappa shape index (κ1) is 9.66. The molecule has 4 heteroatoms. The third-order valence-corrected chi connectivity index (χ3v) is 2.97. The average molecular weight is 218 g/mol. The first-order valence-electron chi connectivity index (χ1n) is 5.57. The van der Waals surface area contributed by atoms with E-state index < -0.39 is 0 Å². The largest absolute Gasteiger partial charge is 0.470 e. The summed E-state index contributed by atoms with van der Waals surface area (Å²) in [7, 11) is 0. The molecule has 84 valence electrons. The number of benzene rings is 1. The Morgan fingerprint density at radius 1 is 1.50 bits per heavy atom. The van der Waals surface area contributed by atoms with Gasteiger partial charge in [0.2, 0.25) is 0 Å². The third kappa shape index (κ3) is 1.55. The van der Waals surface area contributed by atoms with Gasteiger partial charge in [0.15, 0.2) is 5.58 Å². The van der Waals surface area contributed by atoms with Crippen LogP contribution in [-0.4, -0.2) is 24.4 Å². The van der Waals surface area contributed by atoms with Crippen molar-refractivity contribution < 1.29 is 9.26 Å². The van der Waals surface area contributed by atoms with Crippen molar-refractivity contribution >= 4 is 11.0 Å². The quantitative estimate of drug-likeness (QED) is 0.836. The number of hydrogen-bond acceptors (Lipinski definition) is 4. The number of aryl methyl sites for hydroxylation is 1. The van der Waals surface area contributed by atoms with Gasteiger partial charge in [-0.05, 0) is 36.7 Å². The second kappa shape index (κ2) is 3.79. The molecule has 2 aromatic rings. The van der Waals surface area contributed by atoms with Gasteiger partial charge in [0.25, 0.3) is 5.88 Å². The molecule has 0 radical (unpaired) electrons. The zero-order valence-corrected chi connectivity index (χ0v) is 9.19. The van der Waals surface area contributed by atoms with E-state index in [1.165, 1.54) is 0 Å². The van der Waals surface area contributed by atoms with Crippen LogP contribution in [0.3, 0.4) is 0 Å². The van der Waals surface area contributed by atoms with Crippen LogP contribution in [-0.2, 0) is 0 Å². The van der Waals surface area contributed by atoms with Crippen molar-refractivity contribution in [2.45, 2.75) is 19.4 Å². The van der Waals surface area contributed by atoms with Crippen LogP contribution < -0.4 is 10.1 Å². The Kier molecular flexibility index (Phi) is 2.29. The van der Waals surface area contributed by atoms with Gasteiger partial charge in [-0.25, -0.2) is 0 Å². The number of hydrogen-bond donors (Lipinski definition) is 1. The van der Waals surface area contributed by atoms with Crippen LogP contribution >= 0.6 is 0 Å². The van der Waals surface area contributed by atoms with Crippen molar-refractivity contribution in [1.29, 1.82) is 0 Å². The van der Waals surface area contributed by atoms with Crippen molar-refractivity contribution in [1.82, 2.24) is 10.5 Å². The zero-order valence-electron chi connectivity index (χ0n) is 9.19. The molecule has 2 heterocycles. The molecule has 1 saturated heterocycles. The van der Waals surface area contributed by atoms with Gasteiger partial charge < -0.3 is 14.6 Å². The maximum atomic E-state index is 5.84. The molecule has 1 atom stereocenters. The van der Waals surface area contributed by atoms with E-state index in [-0.39, 0.29) is 6.10 Å². The summed E-state index contributed by atoms with van der Waals surface area (Å²) in [5, 5.41) is 8.25. The van der Waals surface area contributed by atoms with Crippen molar-refractivity contribution in [3.63, 3.8) is 0 Å². The molecule has 1 aromatic carbocycles. The fraction of sp³-hybridized carbons (Fsp3) is 0.417. The number of nitrogens with zero attached hydrogens (tertiary/aromatic N) is 1. The SMILES string of the molecule is Cc1cccc2onc(OC3CCNC3)c12. The molecule has 1 fully saturated rings. The van der Waals surface area contributed by atoms with Gasteiger partial charge in [0, 0.05) is 6.54 Å². The summed E-state index contributed by atoms with van der Waals surface area (Å²) in [5.74, 6) is 0.627. The van der Waals surface area contributed by atoms with Crippen molar-refractivity contribution in [2.24, 2.45) is 0 Å². The van der Waals surface area contributed by atoms with Crippen LogP contribution in [0.5, 0.6) is 5.88 Å². The summed E-state index contributed by atoms with van der Waals surface area (Å²) in [6, 6.07) is 5.91. The molecule has 1 aliphatic rings. The molecule has 3 rings (SSSR count). The van der Waals surface area contributed by atoms with Gasteiger partial charge in [-0.15, -0.1) is 0 Å². The minimum Gasteiger partial charge on any atom is -0.470 e. The molecule has 16 heavy (non-hydrogen) atoms. The molecule has 0 saturated carbocycles. The van der Waals surface area contributed by atoms with Gasteiger partial charge in [-0.1, -0.05) is 12.1 Å². The van der Waals surface area contributed by atoms with E-state index >= 15 is 0 Å². The number of nitrogens with one attached hydrogen (secondary N) is 1. The molecular formula is C12H14N2O2. The van der Waals surface area contributed by atoms with Crippen molar-refractivity contribution in [2.75, 3.05) is 13.1 Å². The van der Waals surface area contributed by atoms with E-state index in [0.29, 0.717) is 5.88 Å². The van der Waals surface area contributed by atoms with Crippen molar-refractivity contribution in [3.05, 3.63) is 23.8 Å². The molecule has 1 unspecified atom stereocenters. The minimum atomic E-state index is 0.216. The Balaban J connectivity index is 1.97. The zero-order chi connectivity index (χ0) is 11.0. The first-order valence-corrected chi connectivity index (χ1v) is 5.57. The topological polar surface area (TPSA) is 47.3 Å². The van der Waals surface area contributed by atoms with Crippen LogP contribution in [0.1, 0.15) is 12.0 Å². The van der Waals surface area contributed by atoms with Crippen LogP contribution in [0.25, 0.3) is 11.0 Å². The monoisotopic (exact) mass is 218 g/mol. The lowest BCUT2D eigenvalue weighted by atomic mass is 10.1. The Labute approximate surface area is 93.6 Å². The predicted octanol–water partition coefficient (Wildman–Crippen LogP) is 1.88. The lowest BCUT2D eigenvalue weighted by Crippen LogP contribution is -2.19. The standard InChI is InChI=1S/C12H14N2O2/c1-8-3-2-4-10-11(8)12(14-16-10)15-9-5-6-13-7-9/h2-4,9,13H,5-7H2,1H3. The van der Waals surface area contributed by atoms with E-state index in [2.05, 4.69) is 10.5 Å². The second-order valence-corrected chi connectivity index (χ2v) is 4.17. The number of fused-ring (bicyclic) bond motifs is 1. The lowest BCUT2D eigenvalue weighted by Gasteiger charge is -2.09. The van der Waals surface area contributed by atoms with Crippen LogP contribution in [0.2, 0.25) is 0 Å². The number of ether oxygens (including phenoxy) is 1. The molecule has 0 aliphatic carbocycles. The summed E-state index contributed by atoms with van der Waals surface area (Å²) in [6.07, 6.45) is 1.24. The van der Waals surface area contributed by atoms with Crippen LogP contribution in [0.15, 0.2) is 22.7 Å². The summed E-state index contributed by atoms with van der Waals surface area (Å²) in [6.45, 7) is 3.94. The third-order valence-electron chi connectivity index (χ3n) is 2.97. The van der Waals surface area contributed by atoms with Crippen LogP contribution in [0, 0.1) is 6.92 Å². The molecule has 4 nitrogen and oxygen atoms in total. The Morgan fingerprint density at radius 2 is 2.44 bits per heavy atom. The van der Waals surface area contributed by atoms with E-state index in [1.807, 2.05) is 25.1 Å². The highest BCUT2D eigenvalue weighted by atomic mass is 16.5. The van der Waals surface area contributed by atoms with E-state index in [9.17, 15) is 0 Å².